The lowest BCUT2D eigenvalue weighted by Gasteiger charge is -2.13. The molecule has 0 radical (unpaired) electrons. The van der Waals surface area contributed by atoms with Gasteiger partial charge in [0.15, 0.2) is 0 Å². The molecule has 0 bridgehead atoms. The fourth-order valence-corrected chi connectivity index (χ4v) is 1.97. The van der Waals surface area contributed by atoms with Crippen LogP contribution in [0.2, 0.25) is 0 Å². The van der Waals surface area contributed by atoms with E-state index in [0.29, 0.717) is 18.3 Å². The number of aldehydes is 2. The molecule has 1 rings (SSSR count). The summed E-state index contributed by atoms with van der Waals surface area (Å²) in [5.41, 5.74) is 0. The van der Waals surface area contributed by atoms with E-state index < -0.39 is 0 Å². The van der Waals surface area contributed by atoms with Crippen molar-refractivity contribution in [3.05, 3.63) is 0 Å². The highest BCUT2D eigenvalue weighted by Gasteiger charge is 2.32. The summed E-state index contributed by atoms with van der Waals surface area (Å²) >= 11 is 0. The molecule has 0 aliphatic heterocycles. The summed E-state index contributed by atoms with van der Waals surface area (Å²) in [4.78, 5) is 20.8. The zero-order valence-corrected chi connectivity index (χ0v) is 6.82. The quantitative estimate of drug-likeness (QED) is 0.576. The normalized spacial score (nSPS) is 37.0. The van der Waals surface area contributed by atoms with Gasteiger partial charge in [0.2, 0.25) is 0 Å². The largest absolute Gasteiger partial charge is 0.303 e. The van der Waals surface area contributed by atoms with E-state index >= 15 is 0 Å². The van der Waals surface area contributed by atoms with Crippen LogP contribution in [0.3, 0.4) is 0 Å². The van der Waals surface area contributed by atoms with Crippen molar-refractivity contribution >= 4 is 12.6 Å². The Hall–Kier alpha value is -0.660. The van der Waals surface area contributed by atoms with Crippen molar-refractivity contribution in [1.82, 2.24) is 0 Å². The third-order valence-corrected chi connectivity index (χ3v) is 2.75. The maximum Gasteiger partial charge on any atom is 0.123 e. The molecule has 1 fully saturated rings. The van der Waals surface area contributed by atoms with E-state index in [0.717, 1.165) is 25.4 Å². The summed E-state index contributed by atoms with van der Waals surface area (Å²) in [6.07, 6.45) is 4.66. The van der Waals surface area contributed by atoms with Crippen LogP contribution in [-0.4, -0.2) is 12.6 Å². The van der Waals surface area contributed by atoms with Crippen molar-refractivity contribution in [1.29, 1.82) is 0 Å². The number of carbonyl (C=O) groups excluding carboxylic acids is 2. The van der Waals surface area contributed by atoms with Gasteiger partial charge in [-0.3, -0.25) is 0 Å². The van der Waals surface area contributed by atoms with Crippen molar-refractivity contribution in [2.75, 3.05) is 0 Å². The zero-order valence-electron chi connectivity index (χ0n) is 6.82. The third-order valence-electron chi connectivity index (χ3n) is 2.75. The van der Waals surface area contributed by atoms with Crippen molar-refractivity contribution in [2.45, 2.75) is 26.2 Å². The smallest absolute Gasteiger partial charge is 0.123 e. The van der Waals surface area contributed by atoms with Gasteiger partial charge in [-0.15, -0.1) is 0 Å². The second kappa shape index (κ2) is 3.65. The summed E-state index contributed by atoms with van der Waals surface area (Å²) in [5, 5.41) is 0. The lowest BCUT2D eigenvalue weighted by molar-refractivity contribution is -0.113. The molecular weight excluding hydrogens is 140 g/mol. The van der Waals surface area contributed by atoms with E-state index in [-0.39, 0.29) is 5.92 Å². The molecule has 1 saturated carbocycles. The van der Waals surface area contributed by atoms with Crippen LogP contribution in [0.1, 0.15) is 26.2 Å². The van der Waals surface area contributed by atoms with Gasteiger partial charge < -0.3 is 9.59 Å². The molecule has 0 amide bonds. The molecule has 11 heavy (non-hydrogen) atoms. The Morgan fingerprint density at radius 1 is 1.36 bits per heavy atom. The second-order valence-corrected chi connectivity index (χ2v) is 3.43. The van der Waals surface area contributed by atoms with Gasteiger partial charge in [-0.25, -0.2) is 0 Å². The number of hydrogen-bond acceptors (Lipinski definition) is 2. The van der Waals surface area contributed by atoms with Gasteiger partial charge in [0.1, 0.15) is 12.6 Å². The highest BCUT2D eigenvalue weighted by atomic mass is 16.1. The van der Waals surface area contributed by atoms with E-state index in [9.17, 15) is 9.59 Å². The summed E-state index contributed by atoms with van der Waals surface area (Å²) < 4.78 is 0. The maximum atomic E-state index is 10.6. The molecule has 1 aliphatic carbocycles. The van der Waals surface area contributed by atoms with Gasteiger partial charge in [-0.2, -0.15) is 0 Å². The molecule has 0 N–H and O–H groups in total. The maximum absolute atomic E-state index is 10.6. The molecule has 0 saturated heterocycles. The molecule has 2 nitrogen and oxygen atoms in total. The van der Waals surface area contributed by atoms with Crippen LogP contribution in [0.15, 0.2) is 0 Å². The Morgan fingerprint density at radius 3 is 2.64 bits per heavy atom. The van der Waals surface area contributed by atoms with Crippen LogP contribution in [0.5, 0.6) is 0 Å². The van der Waals surface area contributed by atoms with Crippen molar-refractivity contribution < 1.29 is 9.59 Å². The van der Waals surface area contributed by atoms with E-state index in [4.69, 9.17) is 0 Å². The van der Waals surface area contributed by atoms with E-state index in [1.807, 2.05) is 0 Å². The predicted octanol–water partition coefficient (Wildman–Crippen LogP) is 1.44. The monoisotopic (exact) mass is 154 g/mol. The number of rotatable bonds is 3. The molecule has 0 aromatic rings. The minimum absolute atomic E-state index is 0.139. The Balaban J connectivity index is 2.53. The summed E-state index contributed by atoms with van der Waals surface area (Å²) in [6, 6.07) is 0. The highest BCUT2D eigenvalue weighted by Crippen LogP contribution is 2.36. The van der Waals surface area contributed by atoms with Crippen LogP contribution in [0.25, 0.3) is 0 Å². The molecule has 3 atom stereocenters. The van der Waals surface area contributed by atoms with Gasteiger partial charge in [-0.05, 0) is 24.7 Å². The SMILES string of the molecule is CC1CC[C@H](CC=O)C1C=O. The molecule has 62 valence electrons. The van der Waals surface area contributed by atoms with E-state index in [2.05, 4.69) is 6.92 Å². The Kier molecular flexibility index (Phi) is 2.80. The molecule has 0 aromatic heterocycles. The summed E-state index contributed by atoms with van der Waals surface area (Å²) in [5.74, 6) is 0.956. The lowest BCUT2D eigenvalue weighted by atomic mass is 9.90. The van der Waals surface area contributed by atoms with Crippen molar-refractivity contribution in [3.8, 4) is 0 Å². The van der Waals surface area contributed by atoms with Crippen LogP contribution >= 0.6 is 0 Å². The van der Waals surface area contributed by atoms with Gasteiger partial charge in [0, 0.05) is 12.3 Å². The Bertz CT molecular complexity index is 154. The topological polar surface area (TPSA) is 34.1 Å². The molecular formula is C9H14O2. The van der Waals surface area contributed by atoms with Gasteiger partial charge in [0.05, 0.1) is 0 Å². The third kappa shape index (κ3) is 1.67. The van der Waals surface area contributed by atoms with Gasteiger partial charge in [0.25, 0.3) is 0 Å². The van der Waals surface area contributed by atoms with Crippen LogP contribution < -0.4 is 0 Å². The average molecular weight is 154 g/mol. The van der Waals surface area contributed by atoms with Gasteiger partial charge in [-0.1, -0.05) is 6.92 Å². The molecule has 2 unspecified atom stereocenters. The van der Waals surface area contributed by atoms with E-state index in [1.54, 1.807) is 0 Å². The number of hydrogen-bond donors (Lipinski definition) is 0. The first-order valence-corrected chi connectivity index (χ1v) is 4.18. The molecule has 1 aliphatic rings. The molecule has 0 heterocycles. The number of carbonyl (C=O) groups is 2. The summed E-state index contributed by atoms with van der Waals surface area (Å²) in [7, 11) is 0. The molecule has 0 aromatic carbocycles. The fourth-order valence-electron chi connectivity index (χ4n) is 1.97. The van der Waals surface area contributed by atoms with Crippen LogP contribution in [-0.2, 0) is 9.59 Å². The predicted molar refractivity (Wildman–Crippen MR) is 42.1 cm³/mol. The first kappa shape index (κ1) is 8.44. The first-order chi connectivity index (χ1) is 5.29. The van der Waals surface area contributed by atoms with Crippen molar-refractivity contribution in [2.24, 2.45) is 17.8 Å². The van der Waals surface area contributed by atoms with Crippen molar-refractivity contribution in [3.63, 3.8) is 0 Å². The average Bonchev–Trinajstić information content (AvgIpc) is 2.33. The minimum Gasteiger partial charge on any atom is -0.303 e. The minimum atomic E-state index is 0.139. The van der Waals surface area contributed by atoms with Crippen LogP contribution in [0, 0.1) is 17.8 Å². The Labute approximate surface area is 67.0 Å². The van der Waals surface area contributed by atoms with Gasteiger partial charge >= 0.3 is 0 Å². The van der Waals surface area contributed by atoms with E-state index in [1.165, 1.54) is 0 Å². The zero-order chi connectivity index (χ0) is 8.27. The Morgan fingerprint density at radius 2 is 2.09 bits per heavy atom. The lowest BCUT2D eigenvalue weighted by Crippen LogP contribution is -2.14. The standard InChI is InChI=1S/C9H14O2/c1-7-2-3-8(4-5-10)9(7)6-11/h5-9H,2-4H2,1H3/t7?,8-,9?/m1/s1. The highest BCUT2D eigenvalue weighted by molar-refractivity contribution is 5.58. The first-order valence-electron chi connectivity index (χ1n) is 4.18. The second-order valence-electron chi connectivity index (χ2n) is 3.43. The fraction of sp³-hybridized carbons (Fsp3) is 0.778. The molecule has 2 heteroatoms. The van der Waals surface area contributed by atoms with Crippen LogP contribution in [0.4, 0.5) is 0 Å². The molecule has 0 spiro atoms. The summed E-state index contributed by atoms with van der Waals surface area (Å²) in [6.45, 7) is 2.09.